The van der Waals surface area contributed by atoms with Crippen molar-refractivity contribution in [3.63, 3.8) is 0 Å². The van der Waals surface area contributed by atoms with Gasteiger partial charge in [-0.2, -0.15) is 10.2 Å². The summed E-state index contributed by atoms with van der Waals surface area (Å²) in [4.78, 5) is 17.3. The second-order valence-electron chi connectivity index (χ2n) is 6.70. The topological polar surface area (TPSA) is 71.7 Å². The van der Waals surface area contributed by atoms with Crippen LogP contribution in [0.4, 0.5) is 0 Å². The number of methoxy groups -OCH3 is 1. The van der Waals surface area contributed by atoms with Gasteiger partial charge in [-0.25, -0.2) is 0 Å². The molecule has 0 spiro atoms. The molecule has 0 radical (unpaired) electrons. The summed E-state index contributed by atoms with van der Waals surface area (Å²) in [6.07, 6.45) is 5.84. The molecule has 1 amide bonds. The van der Waals surface area contributed by atoms with Gasteiger partial charge in [-0.1, -0.05) is 0 Å². The largest absolute Gasteiger partial charge is 0.468 e. The first-order chi connectivity index (χ1) is 12.3. The van der Waals surface area contributed by atoms with Crippen LogP contribution in [0.5, 0.6) is 0 Å². The molecule has 7 nitrogen and oxygen atoms in total. The molecule has 2 aromatic heterocycles. The number of ether oxygens (including phenoxy) is 1. The van der Waals surface area contributed by atoms with Gasteiger partial charge < -0.3 is 14.1 Å². The normalized spacial score (nSPS) is 26.6. The minimum atomic E-state index is 0.0271. The van der Waals surface area contributed by atoms with Crippen LogP contribution in [0.25, 0.3) is 0 Å². The Kier molecular flexibility index (Phi) is 4.50. The summed E-state index contributed by atoms with van der Waals surface area (Å²) >= 11 is 0. The van der Waals surface area contributed by atoms with E-state index >= 15 is 0 Å². The van der Waals surface area contributed by atoms with Gasteiger partial charge in [-0.05, 0) is 24.6 Å². The molecule has 0 aromatic carbocycles. The van der Waals surface area contributed by atoms with Crippen molar-refractivity contribution in [2.45, 2.75) is 25.1 Å². The van der Waals surface area contributed by atoms with Gasteiger partial charge in [0, 0.05) is 32.7 Å². The molecular formula is C18H22N4O3. The number of nitrogens with zero attached hydrogens (tertiary/aromatic N) is 4. The van der Waals surface area contributed by atoms with Crippen LogP contribution >= 0.6 is 0 Å². The molecule has 0 N–H and O–H groups in total. The molecule has 4 rings (SSSR count). The lowest BCUT2D eigenvalue weighted by Crippen LogP contribution is -2.53. The average molecular weight is 342 g/mol. The zero-order valence-electron chi connectivity index (χ0n) is 14.2. The molecule has 2 aliphatic rings. The number of fused-ring (bicyclic) bond motifs is 1. The molecule has 2 aliphatic heterocycles. The highest BCUT2D eigenvalue weighted by Gasteiger charge is 2.46. The van der Waals surface area contributed by atoms with Gasteiger partial charge >= 0.3 is 0 Å². The lowest BCUT2D eigenvalue weighted by Gasteiger charge is -2.41. The van der Waals surface area contributed by atoms with Gasteiger partial charge in [-0.3, -0.25) is 9.69 Å². The van der Waals surface area contributed by atoms with Crippen molar-refractivity contribution >= 4 is 5.91 Å². The minimum absolute atomic E-state index is 0.0271. The fraction of sp³-hybridized carbons (Fsp3) is 0.500. The first-order valence-electron chi connectivity index (χ1n) is 8.61. The van der Waals surface area contributed by atoms with Crippen molar-refractivity contribution in [2.75, 3.05) is 26.7 Å². The third kappa shape index (κ3) is 3.17. The highest BCUT2D eigenvalue weighted by molar-refractivity contribution is 5.94. The second-order valence-corrected chi connectivity index (χ2v) is 6.70. The Morgan fingerprint density at radius 3 is 3.00 bits per heavy atom. The maximum absolute atomic E-state index is 12.9. The monoisotopic (exact) mass is 342 g/mol. The maximum Gasteiger partial charge on any atom is 0.255 e. The van der Waals surface area contributed by atoms with Crippen LogP contribution in [0.3, 0.4) is 0 Å². The number of hydrogen-bond donors (Lipinski definition) is 0. The number of aromatic nitrogens is 2. The van der Waals surface area contributed by atoms with Crippen molar-refractivity contribution in [2.24, 2.45) is 5.92 Å². The third-order valence-corrected chi connectivity index (χ3v) is 5.30. The molecule has 7 heteroatoms. The van der Waals surface area contributed by atoms with Gasteiger partial charge in [-0.15, -0.1) is 0 Å². The Morgan fingerprint density at radius 2 is 2.28 bits per heavy atom. The Morgan fingerprint density at radius 1 is 1.36 bits per heavy atom. The number of carbonyl (C=O) groups is 1. The van der Waals surface area contributed by atoms with Crippen LogP contribution in [-0.4, -0.2) is 64.8 Å². The molecule has 2 saturated heterocycles. The van der Waals surface area contributed by atoms with Gasteiger partial charge in [0.25, 0.3) is 5.91 Å². The molecule has 132 valence electrons. The SMILES string of the molecule is CO[C@H]1CCN(C(=O)c2ccnnc2)[C@@H]2CN(Cc3ccco3)C[C@H]12. The van der Waals surface area contributed by atoms with E-state index in [9.17, 15) is 4.79 Å². The summed E-state index contributed by atoms with van der Waals surface area (Å²) in [6.45, 7) is 3.20. The lowest BCUT2D eigenvalue weighted by molar-refractivity contribution is -0.0157. The molecule has 25 heavy (non-hydrogen) atoms. The van der Waals surface area contributed by atoms with E-state index < -0.39 is 0 Å². The molecule has 4 heterocycles. The summed E-state index contributed by atoms with van der Waals surface area (Å²) < 4.78 is 11.2. The second kappa shape index (κ2) is 6.93. The molecule has 0 unspecified atom stereocenters. The van der Waals surface area contributed by atoms with Crippen LogP contribution < -0.4 is 0 Å². The number of furan rings is 1. The third-order valence-electron chi connectivity index (χ3n) is 5.30. The van der Waals surface area contributed by atoms with E-state index in [0.29, 0.717) is 18.0 Å². The Labute approximate surface area is 146 Å². The van der Waals surface area contributed by atoms with Crippen LogP contribution in [0, 0.1) is 5.92 Å². The molecule has 0 bridgehead atoms. The number of likely N-dealkylation sites (tertiary alicyclic amines) is 2. The number of carbonyl (C=O) groups excluding carboxylic acids is 1. The summed E-state index contributed by atoms with van der Waals surface area (Å²) in [5, 5.41) is 7.60. The molecule has 2 fully saturated rings. The standard InChI is InChI=1S/C18H22N4O3/c1-24-17-5-7-22(18(23)13-4-6-19-20-9-13)16-12-21(11-15(16)17)10-14-3-2-8-25-14/h2-4,6,8-9,15-17H,5,7,10-12H2,1H3/t15-,16+,17-/m0/s1. The predicted molar refractivity (Wildman–Crippen MR) is 89.7 cm³/mol. The van der Waals surface area contributed by atoms with Gasteiger partial charge in [0.05, 0.1) is 42.9 Å². The van der Waals surface area contributed by atoms with Crippen LogP contribution in [-0.2, 0) is 11.3 Å². The smallest absolute Gasteiger partial charge is 0.255 e. The predicted octanol–water partition coefficient (Wildman–Crippen LogP) is 1.43. The highest BCUT2D eigenvalue weighted by Crippen LogP contribution is 2.34. The minimum Gasteiger partial charge on any atom is -0.468 e. The van der Waals surface area contributed by atoms with Crippen molar-refractivity contribution < 1.29 is 13.9 Å². The van der Waals surface area contributed by atoms with E-state index in [1.54, 1.807) is 25.6 Å². The quantitative estimate of drug-likeness (QED) is 0.837. The Balaban J connectivity index is 1.53. The van der Waals surface area contributed by atoms with Crippen LogP contribution in [0.1, 0.15) is 22.5 Å². The number of rotatable bonds is 4. The fourth-order valence-corrected chi connectivity index (χ4v) is 4.12. The van der Waals surface area contributed by atoms with Crippen molar-refractivity contribution in [3.8, 4) is 0 Å². The van der Waals surface area contributed by atoms with Crippen LogP contribution in [0.2, 0.25) is 0 Å². The maximum atomic E-state index is 12.9. The van der Waals surface area contributed by atoms with Crippen molar-refractivity contribution in [1.29, 1.82) is 0 Å². The van der Waals surface area contributed by atoms with Gasteiger partial charge in [0.15, 0.2) is 0 Å². The summed E-state index contributed by atoms with van der Waals surface area (Å²) in [7, 11) is 1.77. The zero-order chi connectivity index (χ0) is 17.2. The number of amides is 1. The van der Waals surface area contributed by atoms with Gasteiger partial charge in [0.2, 0.25) is 0 Å². The average Bonchev–Trinajstić information content (AvgIpc) is 3.31. The Hall–Kier alpha value is -2.25. The summed E-state index contributed by atoms with van der Waals surface area (Å²) in [5.41, 5.74) is 0.592. The number of hydrogen-bond acceptors (Lipinski definition) is 6. The molecule has 0 saturated carbocycles. The van der Waals surface area contributed by atoms with E-state index in [4.69, 9.17) is 9.15 Å². The van der Waals surface area contributed by atoms with E-state index in [1.807, 2.05) is 17.0 Å². The van der Waals surface area contributed by atoms with Gasteiger partial charge in [0.1, 0.15) is 5.76 Å². The molecular weight excluding hydrogens is 320 g/mol. The summed E-state index contributed by atoms with van der Waals surface area (Å²) in [5.74, 6) is 1.29. The first-order valence-corrected chi connectivity index (χ1v) is 8.61. The number of piperidine rings is 1. The van der Waals surface area contributed by atoms with E-state index in [1.165, 1.54) is 6.20 Å². The Bertz CT molecular complexity index is 706. The molecule has 0 aliphatic carbocycles. The highest BCUT2D eigenvalue weighted by atomic mass is 16.5. The molecule has 2 aromatic rings. The fourth-order valence-electron chi connectivity index (χ4n) is 4.12. The summed E-state index contributed by atoms with van der Waals surface area (Å²) in [6, 6.07) is 5.76. The van der Waals surface area contributed by atoms with Crippen molar-refractivity contribution in [1.82, 2.24) is 20.0 Å². The molecule has 3 atom stereocenters. The van der Waals surface area contributed by atoms with E-state index in [0.717, 1.165) is 31.8 Å². The van der Waals surface area contributed by atoms with Crippen molar-refractivity contribution in [3.05, 3.63) is 48.2 Å². The van der Waals surface area contributed by atoms with E-state index in [-0.39, 0.29) is 18.1 Å². The lowest BCUT2D eigenvalue weighted by atomic mass is 9.88. The van der Waals surface area contributed by atoms with Crippen LogP contribution in [0.15, 0.2) is 41.3 Å². The van der Waals surface area contributed by atoms with E-state index in [2.05, 4.69) is 15.1 Å². The first kappa shape index (κ1) is 16.2. The zero-order valence-corrected chi connectivity index (χ0v) is 14.2.